The molecule has 18 heavy (non-hydrogen) atoms. The molecule has 1 aliphatic heterocycles. The van der Waals surface area contributed by atoms with E-state index in [9.17, 15) is 0 Å². The van der Waals surface area contributed by atoms with Gasteiger partial charge in [-0.2, -0.15) is 0 Å². The average molecular weight is 307 g/mol. The van der Waals surface area contributed by atoms with Gasteiger partial charge in [0.1, 0.15) is 13.2 Å². The number of rotatable bonds is 1. The second-order valence-electron chi connectivity index (χ2n) is 4.02. The van der Waals surface area contributed by atoms with Crippen molar-refractivity contribution < 1.29 is 9.47 Å². The Bertz CT molecular complexity index is 602. The van der Waals surface area contributed by atoms with Crippen molar-refractivity contribution in [3.8, 4) is 22.8 Å². The van der Waals surface area contributed by atoms with E-state index in [1.807, 2.05) is 25.1 Å². The first-order chi connectivity index (χ1) is 8.74. The number of hydrogen-bond acceptors (Lipinski definition) is 4. The van der Waals surface area contributed by atoms with Crippen LogP contribution in [0.2, 0.25) is 0 Å². The summed E-state index contributed by atoms with van der Waals surface area (Å²) in [6, 6.07) is 5.83. The summed E-state index contributed by atoms with van der Waals surface area (Å²) in [7, 11) is 0. The molecule has 4 nitrogen and oxygen atoms in total. The minimum absolute atomic E-state index is 0.578. The third-order valence-electron chi connectivity index (χ3n) is 2.79. The predicted molar refractivity (Wildman–Crippen MR) is 70.9 cm³/mol. The zero-order valence-corrected chi connectivity index (χ0v) is 11.4. The Morgan fingerprint density at radius 3 is 2.61 bits per heavy atom. The molecule has 0 aliphatic carbocycles. The molecular weight excluding hydrogens is 296 g/mol. The molecular formula is C13H11BrN2O2. The van der Waals surface area contributed by atoms with Gasteiger partial charge in [0, 0.05) is 11.8 Å². The standard InChI is InChI=1S/C13H11BrN2O2/c1-8-6-11-12(18-5-4-17-11)7-9(8)10-2-3-15-13(14)16-10/h2-3,6-7H,4-5H2,1H3. The lowest BCUT2D eigenvalue weighted by Crippen LogP contribution is -2.15. The largest absolute Gasteiger partial charge is 0.486 e. The summed E-state index contributed by atoms with van der Waals surface area (Å²) in [5, 5.41) is 0. The summed E-state index contributed by atoms with van der Waals surface area (Å²) in [6.07, 6.45) is 1.72. The van der Waals surface area contributed by atoms with Crippen LogP contribution in [0.15, 0.2) is 29.1 Å². The zero-order chi connectivity index (χ0) is 12.5. The van der Waals surface area contributed by atoms with Gasteiger partial charge >= 0.3 is 0 Å². The van der Waals surface area contributed by atoms with Gasteiger partial charge in [-0.25, -0.2) is 9.97 Å². The van der Waals surface area contributed by atoms with Crippen molar-refractivity contribution in [1.82, 2.24) is 9.97 Å². The number of benzene rings is 1. The highest BCUT2D eigenvalue weighted by Gasteiger charge is 2.15. The van der Waals surface area contributed by atoms with E-state index in [0.29, 0.717) is 17.9 Å². The van der Waals surface area contributed by atoms with Crippen LogP contribution in [-0.4, -0.2) is 23.2 Å². The Morgan fingerprint density at radius 1 is 1.17 bits per heavy atom. The first-order valence-corrected chi connectivity index (χ1v) is 6.42. The van der Waals surface area contributed by atoms with Gasteiger partial charge in [0.2, 0.25) is 0 Å². The number of aromatic nitrogens is 2. The van der Waals surface area contributed by atoms with Crippen LogP contribution in [-0.2, 0) is 0 Å². The minimum atomic E-state index is 0.578. The first-order valence-electron chi connectivity index (χ1n) is 5.63. The van der Waals surface area contributed by atoms with E-state index >= 15 is 0 Å². The number of hydrogen-bond donors (Lipinski definition) is 0. The number of halogens is 1. The molecule has 1 aromatic heterocycles. The van der Waals surface area contributed by atoms with Crippen LogP contribution < -0.4 is 9.47 Å². The lowest BCUT2D eigenvalue weighted by Gasteiger charge is -2.20. The van der Waals surface area contributed by atoms with Crippen molar-refractivity contribution in [2.24, 2.45) is 0 Å². The molecule has 0 bridgehead atoms. The fraction of sp³-hybridized carbons (Fsp3) is 0.231. The minimum Gasteiger partial charge on any atom is -0.486 e. The van der Waals surface area contributed by atoms with Crippen molar-refractivity contribution in [2.75, 3.05) is 13.2 Å². The fourth-order valence-electron chi connectivity index (χ4n) is 1.95. The molecule has 0 saturated heterocycles. The number of fused-ring (bicyclic) bond motifs is 1. The fourth-order valence-corrected chi connectivity index (χ4v) is 2.26. The highest BCUT2D eigenvalue weighted by Crippen LogP contribution is 2.36. The summed E-state index contributed by atoms with van der Waals surface area (Å²) in [6.45, 7) is 3.22. The summed E-state index contributed by atoms with van der Waals surface area (Å²) >= 11 is 3.28. The van der Waals surface area contributed by atoms with Crippen LogP contribution in [0.3, 0.4) is 0 Å². The Hall–Kier alpha value is -1.62. The zero-order valence-electron chi connectivity index (χ0n) is 9.81. The van der Waals surface area contributed by atoms with E-state index in [1.165, 1.54) is 0 Å². The van der Waals surface area contributed by atoms with Gasteiger partial charge in [-0.1, -0.05) is 0 Å². The number of nitrogens with zero attached hydrogens (tertiary/aromatic N) is 2. The molecule has 92 valence electrons. The summed E-state index contributed by atoms with van der Waals surface area (Å²) < 4.78 is 11.7. The first kappa shape index (κ1) is 11.5. The molecule has 2 aromatic rings. The molecule has 0 atom stereocenters. The van der Waals surface area contributed by atoms with Crippen LogP contribution in [0, 0.1) is 6.92 Å². The van der Waals surface area contributed by atoms with E-state index in [1.54, 1.807) is 6.20 Å². The monoisotopic (exact) mass is 306 g/mol. The Labute approximate surface area is 113 Å². The van der Waals surface area contributed by atoms with E-state index in [2.05, 4.69) is 25.9 Å². The summed E-state index contributed by atoms with van der Waals surface area (Å²) in [5.41, 5.74) is 3.00. The van der Waals surface area contributed by atoms with Crippen LogP contribution in [0.4, 0.5) is 0 Å². The van der Waals surface area contributed by atoms with Gasteiger partial charge in [-0.3, -0.25) is 0 Å². The molecule has 0 radical (unpaired) electrons. The molecule has 1 aromatic carbocycles. The third kappa shape index (κ3) is 2.06. The maximum absolute atomic E-state index is 5.59. The smallest absolute Gasteiger partial charge is 0.197 e. The van der Waals surface area contributed by atoms with Gasteiger partial charge in [-0.15, -0.1) is 0 Å². The average Bonchev–Trinajstić information content (AvgIpc) is 2.38. The van der Waals surface area contributed by atoms with Crippen molar-refractivity contribution in [3.05, 3.63) is 34.7 Å². The van der Waals surface area contributed by atoms with E-state index in [4.69, 9.17) is 9.47 Å². The molecule has 3 rings (SSSR count). The molecule has 5 heteroatoms. The van der Waals surface area contributed by atoms with Crippen molar-refractivity contribution in [1.29, 1.82) is 0 Å². The van der Waals surface area contributed by atoms with E-state index in [0.717, 1.165) is 28.3 Å². The SMILES string of the molecule is Cc1cc2c(cc1-c1ccnc(Br)n1)OCCO2. The molecule has 1 aliphatic rings. The van der Waals surface area contributed by atoms with Crippen LogP contribution >= 0.6 is 15.9 Å². The van der Waals surface area contributed by atoms with E-state index < -0.39 is 0 Å². The van der Waals surface area contributed by atoms with Crippen LogP contribution in [0.1, 0.15) is 5.56 Å². The van der Waals surface area contributed by atoms with Gasteiger partial charge in [0.05, 0.1) is 5.69 Å². The maximum atomic E-state index is 5.59. The van der Waals surface area contributed by atoms with E-state index in [-0.39, 0.29) is 0 Å². The summed E-state index contributed by atoms with van der Waals surface area (Å²) in [4.78, 5) is 8.39. The number of aryl methyl sites for hydroxylation is 1. The predicted octanol–water partition coefficient (Wildman–Crippen LogP) is 2.99. The highest BCUT2D eigenvalue weighted by molar-refractivity contribution is 9.10. The molecule has 0 fully saturated rings. The second kappa shape index (κ2) is 4.57. The lowest BCUT2D eigenvalue weighted by atomic mass is 10.0. The maximum Gasteiger partial charge on any atom is 0.197 e. The third-order valence-corrected chi connectivity index (χ3v) is 3.17. The van der Waals surface area contributed by atoms with Crippen LogP contribution in [0.5, 0.6) is 11.5 Å². The Balaban J connectivity index is 2.12. The highest BCUT2D eigenvalue weighted by atomic mass is 79.9. The van der Waals surface area contributed by atoms with Crippen molar-refractivity contribution >= 4 is 15.9 Å². The van der Waals surface area contributed by atoms with Gasteiger partial charge in [0.25, 0.3) is 0 Å². The quantitative estimate of drug-likeness (QED) is 0.760. The molecule has 0 saturated carbocycles. The summed E-state index contributed by atoms with van der Waals surface area (Å²) in [5.74, 6) is 1.58. The number of ether oxygens (including phenoxy) is 2. The molecule has 0 amide bonds. The normalized spacial score (nSPS) is 13.4. The lowest BCUT2D eigenvalue weighted by molar-refractivity contribution is 0.171. The molecule has 0 N–H and O–H groups in total. The molecule has 0 unspecified atom stereocenters. The Morgan fingerprint density at radius 2 is 1.89 bits per heavy atom. The van der Waals surface area contributed by atoms with Gasteiger partial charge in [-0.05, 0) is 46.6 Å². The van der Waals surface area contributed by atoms with Gasteiger partial charge in [0.15, 0.2) is 16.2 Å². The molecule has 0 spiro atoms. The van der Waals surface area contributed by atoms with Crippen molar-refractivity contribution in [2.45, 2.75) is 6.92 Å². The second-order valence-corrected chi connectivity index (χ2v) is 4.73. The van der Waals surface area contributed by atoms with Crippen LogP contribution in [0.25, 0.3) is 11.3 Å². The Kier molecular flexibility index (Phi) is 2.91. The van der Waals surface area contributed by atoms with Gasteiger partial charge < -0.3 is 9.47 Å². The van der Waals surface area contributed by atoms with Crippen molar-refractivity contribution in [3.63, 3.8) is 0 Å². The molecule has 2 heterocycles. The topological polar surface area (TPSA) is 44.2 Å².